The number of hydrogen-bond donors (Lipinski definition) is 3. The average Bonchev–Trinajstić information content (AvgIpc) is 2.29. The molecular formula is C11H15NO3. The molecule has 3 N–H and O–H groups in total. The number of aldehydes is 1. The van der Waals surface area contributed by atoms with Crippen LogP contribution in [-0.4, -0.2) is 35.8 Å². The van der Waals surface area contributed by atoms with E-state index in [4.69, 9.17) is 10.2 Å². The monoisotopic (exact) mass is 209 g/mol. The van der Waals surface area contributed by atoms with Crippen LogP contribution in [0.1, 0.15) is 15.9 Å². The van der Waals surface area contributed by atoms with Crippen molar-refractivity contribution < 1.29 is 15.0 Å². The minimum absolute atomic E-state index is 0.239. The smallest absolute Gasteiger partial charge is 0.150 e. The van der Waals surface area contributed by atoms with Crippen molar-refractivity contribution in [3.63, 3.8) is 0 Å². The molecule has 1 atom stereocenters. The van der Waals surface area contributed by atoms with Crippen LogP contribution in [0.5, 0.6) is 0 Å². The fourth-order valence-corrected chi connectivity index (χ4v) is 1.16. The molecule has 1 rings (SSSR count). The molecule has 0 radical (unpaired) electrons. The lowest BCUT2D eigenvalue weighted by molar-refractivity contribution is 0.0942. The van der Waals surface area contributed by atoms with E-state index in [9.17, 15) is 4.79 Å². The molecule has 15 heavy (non-hydrogen) atoms. The van der Waals surface area contributed by atoms with Gasteiger partial charge < -0.3 is 15.5 Å². The second kappa shape index (κ2) is 6.29. The van der Waals surface area contributed by atoms with Gasteiger partial charge in [0.1, 0.15) is 6.29 Å². The zero-order valence-corrected chi connectivity index (χ0v) is 8.39. The lowest BCUT2D eigenvalue weighted by Gasteiger charge is -2.08. The van der Waals surface area contributed by atoms with E-state index in [-0.39, 0.29) is 6.61 Å². The minimum Gasteiger partial charge on any atom is -0.394 e. The molecule has 0 heterocycles. The lowest BCUT2D eigenvalue weighted by Crippen LogP contribution is -2.28. The molecule has 1 unspecified atom stereocenters. The first-order chi connectivity index (χ1) is 7.26. The third kappa shape index (κ3) is 4.20. The van der Waals surface area contributed by atoms with Crippen LogP contribution in [0.15, 0.2) is 24.3 Å². The molecule has 0 fully saturated rings. The van der Waals surface area contributed by atoms with E-state index in [1.54, 1.807) is 12.1 Å². The zero-order chi connectivity index (χ0) is 11.1. The molecule has 0 aliphatic rings. The summed E-state index contributed by atoms with van der Waals surface area (Å²) in [5.74, 6) is 0. The van der Waals surface area contributed by atoms with Gasteiger partial charge in [-0.3, -0.25) is 4.79 Å². The fraction of sp³-hybridized carbons (Fsp3) is 0.364. The van der Waals surface area contributed by atoms with Crippen LogP contribution in [0.2, 0.25) is 0 Å². The second-order valence-corrected chi connectivity index (χ2v) is 3.33. The van der Waals surface area contributed by atoms with E-state index in [1.807, 2.05) is 12.1 Å². The number of hydrogen-bond acceptors (Lipinski definition) is 4. The first-order valence-corrected chi connectivity index (χ1v) is 4.80. The maximum absolute atomic E-state index is 10.4. The Hall–Kier alpha value is -1.23. The third-order valence-electron chi connectivity index (χ3n) is 2.04. The van der Waals surface area contributed by atoms with Crippen molar-refractivity contribution in [3.8, 4) is 0 Å². The molecule has 4 nitrogen and oxygen atoms in total. The van der Waals surface area contributed by atoms with Crippen molar-refractivity contribution in [3.05, 3.63) is 35.4 Å². The van der Waals surface area contributed by atoms with Gasteiger partial charge in [-0.15, -0.1) is 0 Å². The highest BCUT2D eigenvalue weighted by molar-refractivity contribution is 5.74. The summed E-state index contributed by atoms with van der Waals surface area (Å²) in [5, 5.41) is 20.6. The van der Waals surface area contributed by atoms with Gasteiger partial charge in [0.2, 0.25) is 0 Å². The molecule has 0 aliphatic heterocycles. The van der Waals surface area contributed by atoms with Crippen LogP contribution in [0.25, 0.3) is 0 Å². The lowest BCUT2D eigenvalue weighted by atomic mass is 10.1. The summed E-state index contributed by atoms with van der Waals surface area (Å²) < 4.78 is 0. The predicted octanol–water partition coefficient (Wildman–Crippen LogP) is -0.0581. The number of nitrogens with one attached hydrogen (secondary N) is 1. The maximum atomic E-state index is 10.4. The average molecular weight is 209 g/mol. The van der Waals surface area contributed by atoms with Crippen molar-refractivity contribution in [1.82, 2.24) is 5.32 Å². The van der Waals surface area contributed by atoms with Gasteiger partial charge in [0.25, 0.3) is 0 Å². The standard InChI is InChI=1S/C11H15NO3/c13-7-10-3-1-9(2-4-10)5-12-6-11(15)8-14/h1-4,7,11-12,14-15H,5-6,8H2. The Morgan fingerprint density at radius 1 is 1.33 bits per heavy atom. The molecule has 0 aromatic heterocycles. The highest BCUT2D eigenvalue weighted by atomic mass is 16.3. The molecule has 0 saturated heterocycles. The van der Waals surface area contributed by atoms with Gasteiger partial charge in [0.15, 0.2) is 0 Å². The van der Waals surface area contributed by atoms with Crippen LogP contribution < -0.4 is 5.32 Å². The van der Waals surface area contributed by atoms with Crippen molar-refractivity contribution in [1.29, 1.82) is 0 Å². The predicted molar refractivity (Wildman–Crippen MR) is 56.6 cm³/mol. The highest BCUT2D eigenvalue weighted by Gasteiger charge is 2.00. The molecule has 0 amide bonds. The number of benzene rings is 1. The fourth-order valence-electron chi connectivity index (χ4n) is 1.16. The Bertz CT molecular complexity index is 297. The summed E-state index contributed by atoms with van der Waals surface area (Å²) in [6.45, 7) is 0.721. The van der Waals surface area contributed by atoms with E-state index in [0.29, 0.717) is 18.7 Å². The molecule has 0 aliphatic carbocycles. The summed E-state index contributed by atoms with van der Waals surface area (Å²) in [4.78, 5) is 10.4. The van der Waals surface area contributed by atoms with E-state index in [1.165, 1.54) is 0 Å². The van der Waals surface area contributed by atoms with Gasteiger partial charge in [-0.25, -0.2) is 0 Å². The number of carbonyl (C=O) groups excluding carboxylic acids is 1. The molecule has 0 saturated carbocycles. The number of carbonyl (C=O) groups is 1. The minimum atomic E-state index is -0.723. The number of aliphatic hydroxyl groups excluding tert-OH is 2. The largest absolute Gasteiger partial charge is 0.394 e. The van der Waals surface area contributed by atoms with Crippen molar-refractivity contribution in [2.24, 2.45) is 0 Å². The second-order valence-electron chi connectivity index (χ2n) is 3.33. The van der Waals surface area contributed by atoms with Crippen molar-refractivity contribution >= 4 is 6.29 Å². The topological polar surface area (TPSA) is 69.6 Å². The summed E-state index contributed by atoms with van der Waals surface area (Å²) in [6, 6.07) is 7.18. The Morgan fingerprint density at radius 2 is 2.00 bits per heavy atom. The number of aliphatic hydroxyl groups is 2. The van der Waals surface area contributed by atoms with Gasteiger partial charge in [0, 0.05) is 18.7 Å². The van der Waals surface area contributed by atoms with Gasteiger partial charge in [-0.1, -0.05) is 24.3 Å². The third-order valence-corrected chi connectivity index (χ3v) is 2.04. The van der Waals surface area contributed by atoms with Gasteiger partial charge >= 0.3 is 0 Å². The van der Waals surface area contributed by atoms with Crippen molar-refractivity contribution in [2.45, 2.75) is 12.6 Å². The zero-order valence-electron chi connectivity index (χ0n) is 8.39. The summed E-state index contributed by atoms with van der Waals surface area (Å²) >= 11 is 0. The number of rotatable bonds is 6. The molecule has 1 aromatic carbocycles. The van der Waals surface area contributed by atoms with E-state index in [0.717, 1.165) is 11.8 Å². The molecule has 4 heteroatoms. The van der Waals surface area contributed by atoms with Crippen LogP contribution in [0.3, 0.4) is 0 Å². The molecule has 1 aromatic rings. The highest BCUT2D eigenvalue weighted by Crippen LogP contribution is 2.01. The first-order valence-electron chi connectivity index (χ1n) is 4.80. The van der Waals surface area contributed by atoms with E-state index < -0.39 is 6.10 Å². The Kier molecular flexibility index (Phi) is 4.97. The molecular weight excluding hydrogens is 194 g/mol. The molecule has 0 bridgehead atoms. The van der Waals surface area contributed by atoms with Crippen LogP contribution in [0, 0.1) is 0 Å². The Morgan fingerprint density at radius 3 is 2.53 bits per heavy atom. The van der Waals surface area contributed by atoms with E-state index >= 15 is 0 Å². The normalized spacial score (nSPS) is 12.4. The van der Waals surface area contributed by atoms with Crippen LogP contribution >= 0.6 is 0 Å². The quantitative estimate of drug-likeness (QED) is 0.574. The van der Waals surface area contributed by atoms with E-state index in [2.05, 4.69) is 5.32 Å². The van der Waals surface area contributed by atoms with Crippen molar-refractivity contribution in [2.75, 3.05) is 13.2 Å². The van der Waals surface area contributed by atoms with Gasteiger partial charge in [-0.05, 0) is 5.56 Å². The van der Waals surface area contributed by atoms with Crippen LogP contribution in [0.4, 0.5) is 0 Å². The molecule has 0 spiro atoms. The molecule has 82 valence electrons. The summed E-state index contributed by atoms with van der Waals surface area (Å²) in [5.41, 5.74) is 1.68. The first kappa shape index (κ1) is 11.8. The SMILES string of the molecule is O=Cc1ccc(CNCC(O)CO)cc1. The summed E-state index contributed by atoms with van der Waals surface area (Å²) in [6.07, 6.45) is 0.0754. The summed E-state index contributed by atoms with van der Waals surface area (Å²) in [7, 11) is 0. The van der Waals surface area contributed by atoms with Crippen LogP contribution in [-0.2, 0) is 6.54 Å². The maximum Gasteiger partial charge on any atom is 0.150 e. The van der Waals surface area contributed by atoms with Gasteiger partial charge in [-0.2, -0.15) is 0 Å². The Labute approximate surface area is 88.6 Å². The van der Waals surface area contributed by atoms with Gasteiger partial charge in [0.05, 0.1) is 12.7 Å². The Balaban J connectivity index is 2.34.